The number of nitrogens with two attached hydrogens (primary N) is 1. The van der Waals surface area contributed by atoms with Crippen LogP contribution in [0.25, 0.3) is 10.9 Å². The number of hydrogen-bond donors (Lipinski definition) is 4. The fraction of sp³-hybridized carbons (Fsp3) is 0.320. The Hall–Kier alpha value is -3.45. The van der Waals surface area contributed by atoms with Gasteiger partial charge in [-0.15, -0.1) is 0 Å². The zero-order valence-corrected chi connectivity index (χ0v) is 18.4. The number of aryl methyl sites for hydroxylation is 1. The molecule has 166 valence electrons. The van der Waals surface area contributed by atoms with Crippen molar-refractivity contribution in [2.24, 2.45) is 0 Å². The van der Waals surface area contributed by atoms with Crippen LogP contribution in [0.4, 0.5) is 11.5 Å². The quantitative estimate of drug-likeness (QED) is 0.493. The highest BCUT2D eigenvalue weighted by atomic mass is 16.2. The molecule has 0 radical (unpaired) electrons. The van der Waals surface area contributed by atoms with Crippen LogP contribution >= 0.6 is 0 Å². The molecule has 1 aliphatic rings. The number of nitrogens with one attached hydrogen (secondary N) is 3. The third kappa shape index (κ3) is 4.73. The molecule has 5 N–H and O–H groups in total. The fourth-order valence-electron chi connectivity index (χ4n) is 4.18. The van der Waals surface area contributed by atoms with Gasteiger partial charge in [-0.05, 0) is 68.6 Å². The lowest BCUT2D eigenvalue weighted by atomic mass is 10.0. The zero-order valence-electron chi connectivity index (χ0n) is 18.4. The monoisotopic (exact) mass is 431 g/mol. The van der Waals surface area contributed by atoms with Crippen LogP contribution in [0, 0.1) is 6.92 Å². The molecule has 0 spiro atoms. The number of pyridine rings is 1. The molecular formula is C25H29N5O2. The fourth-order valence-corrected chi connectivity index (χ4v) is 4.18. The molecule has 0 bridgehead atoms. The summed E-state index contributed by atoms with van der Waals surface area (Å²) in [4.78, 5) is 30.1. The van der Waals surface area contributed by atoms with Gasteiger partial charge in [0.1, 0.15) is 5.82 Å². The first-order chi connectivity index (χ1) is 15.4. The first kappa shape index (κ1) is 21.8. The number of benzene rings is 2. The van der Waals surface area contributed by atoms with E-state index in [2.05, 4.69) is 20.9 Å². The van der Waals surface area contributed by atoms with Crippen molar-refractivity contribution in [2.45, 2.75) is 45.2 Å². The molecule has 32 heavy (non-hydrogen) atoms. The predicted molar refractivity (Wildman–Crippen MR) is 127 cm³/mol. The molecule has 7 nitrogen and oxygen atoms in total. The first-order valence-corrected chi connectivity index (χ1v) is 11.0. The van der Waals surface area contributed by atoms with Crippen LogP contribution in [-0.4, -0.2) is 29.4 Å². The van der Waals surface area contributed by atoms with Crippen LogP contribution < -0.4 is 21.7 Å². The maximum absolute atomic E-state index is 13.1. The summed E-state index contributed by atoms with van der Waals surface area (Å²) in [5.41, 5.74) is 9.67. The maximum Gasteiger partial charge on any atom is 0.252 e. The number of amides is 2. The summed E-state index contributed by atoms with van der Waals surface area (Å²) in [6.45, 7) is 4.66. The van der Waals surface area contributed by atoms with Gasteiger partial charge in [0.15, 0.2) is 0 Å². The van der Waals surface area contributed by atoms with Crippen molar-refractivity contribution in [2.75, 3.05) is 17.6 Å². The Bertz CT molecular complexity index is 1150. The molecule has 2 atom stereocenters. The Balaban J connectivity index is 1.52. The van der Waals surface area contributed by atoms with E-state index in [1.165, 1.54) is 0 Å². The lowest BCUT2D eigenvalue weighted by Gasteiger charge is -2.23. The van der Waals surface area contributed by atoms with Crippen molar-refractivity contribution in [1.82, 2.24) is 15.6 Å². The summed E-state index contributed by atoms with van der Waals surface area (Å²) in [6.07, 6.45) is 2.96. The minimum Gasteiger partial charge on any atom is -0.384 e. The van der Waals surface area contributed by atoms with Gasteiger partial charge in [-0.2, -0.15) is 0 Å². The minimum atomic E-state index is -0.276. The number of rotatable bonds is 5. The summed E-state index contributed by atoms with van der Waals surface area (Å²) in [7, 11) is 0. The third-order valence-electron chi connectivity index (χ3n) is 5.96. The van der Waals surface area contributed by atoms with E-state index in [4.69, 9.17) is 5.73 Å². The molecule has 1 fully saturated rings. The highest BCUT2D eigenvalue weighted by Crippen LogP contribution is 2.26. The number of para-hydroxylation sites is 1. The van der Waals surface area contributed by atoms with E-state index in [9.17, 15) is 9.59 Å². The van der Waals surface area contributed by atoms with Crippen LogP contribution in [0.2, 0.25) is 0 Å². The van der Waals surface area contributed by atoms with E-state index in [0.717, 1.165) is 47.8 Å². The summed E-state index contributed by atoms with van der Waals surface area (Å²) >= 11 is 0. The molecule has 1 aliphatic heterocycles. The van der Waals surface area contributed by atoms with Crippen molar-refractivity contribution in [3.63, 3.8) is 0 Å². The number of anilines is 2. The van der Waals surface area contributed by atoms with Crippen LogP contribution in [0.15, 0.2) is 48.5 Å². The summed E-state index contributed by atoms with van der Waals surface area (Å²) < 4.78 is 0. The lowest BCUT2D eigenvalue weighted by Crippen LogP contribution is -2.43. The molecular weight excluding hydrogens is 402 g/mol. The number of carbonyl (C=O) groups excluding carboxylic acids is 2. The number of piperidine rings is 1. The highest BCUT2D eigenvalue weighted by Gasteiger charge is 2.21. The summed E-state index contributed by atoms with van der Waals surface area (Å²) in [5.74, 6) is 0.144. The zero-order chi connectivity index (χ0) is 22.7. The number of aromatic nitrogens is 1. The Labute approximate surface area is 187 Å². The van der Waals surface area contributed by atoms with Crippen LogP contribution in [-0.2, 0) is 4.79 Å². The second-order valence-corrected chi connectivity index (χ2v) is 8.37. The van der Waals surface area contributed by atoms with Crippen molar-refractivity contribution in [3.8, 4) is 0 Å². The van der Waals surface area contributed by atoms with E-state index in [1.54, 1.807) is 12.1 Å². The molecule has 4 rings (SSSR count). The van der Waals surface area contributed by atoms with Crippen LogP contribution in [0.1, 0.15) is 53.7 Å². The van der Waals surface area contributed by atoms with Gasteiger partial charge < -0.3 is 21.7 Å². The van der Waals surface area contributed by atoms with Gasteiger partial charge in [-0.3, -0.25) is 9.59 Å². The average Bonchev–Trinajstić information content (AvgIpc) is 2.80. The van der Waals surface area contributed by atoms with Gasteiger partial charge in [0, 0.05) is 16.6 Å². The second-order valence-electron chi connectivity index (χ2n) is 8.37. The summed E-state index contributed by atoms with van der Waals surface area (Å²) in [5, 5.41) is 10.2. The molecule has 0 aliphatic carbocycles. The Morgan fingerprint density at radius 3 is 2.75 bits per heavy atom. The van der Waals surface area contributed by atoms with Gasteiger partial charge in [0.05, 0.1) is 17.6 Å². The van der Waals surface area contributed by atoms with Crippen molar-refractivity contribution >= 4 is 34.2 Å². The smallest absolute Gasteiger partial charge is 0.252 e. The van der Waals surface area contributed by atoms with E-state index >= 15 is 0 Å². The molecule has 1 unspecified atom stereocenters. The Kier molecular flexibility index (Phi) is 6.37. The van der Waals surface area contributed by atoms with E-state index in [0.29, 0.717) is 17.1 Å². The maximum atomic E-state index is 13.1. The highest BCUT2D eigenvalue weighted by molar-refractivity contribution is 6.00. The van der Waals surface area contributed by atoms with E-state index < -0.39 is 0 Å². The van der Waals surface area contributed by atoms with Gasteiger partial charge in [0.2, 0.25) is 5.91 Å². The number of fused-ring (bicyclic) bond motifs is 1. The Morgan fingerprint density at radius 1 is 1.16 bits per heavy atom. The number of nitrogens with zero attached hydrogens (tertiary/aromatic N) is 1. The van der Waals surface area contributed by atoms with Gasteiger partial charge in [-0.25, -0.2) is 4.98 Å². The third-order valence-corrected chi connectivity index (χ3v) is 5.96. The molecule has 3 aromatic rings. The van der Waals surface area contributed by atoms with Gasteiger partial charge >= 0.3 is 0 Å². The van der Waals surface area contributed by atoms with Gasteiger partial charge in [-0.1, -0.05) is 30.7 Å². The molecule has 0 saturated carbocycles. The van der Waals surface area contributed by atoms with Gasteiger partial charge in [0.25, 0.3) is 5.91 Å². The topological polar surface area (TPSA) is 109 Å². The Morgan fingerprint density at radius 2 is 1.97 bits per heavy atom. The standard InChI is InChI=1S/C25H29N5O2/c1-15-10-11-17(29-25(32)22-9-5-6-12-27-22)13-19(15)24(31)28-16(2)20-14-23(26)30-21-8-4-3-7-18(20)21/h3-4,7-8,10-11,13-14,16,22,27H,5-6,9,12H2,1-2H3,(H2,26,30)(H,28,31)(H,29,32)/t16-,22?/m1/s1. The number of carbonyl (C=O) groups is 2. The molecule has 2 amide bonds. The molecule has 7 heteroatoms. The summed E-state index contributed by atoms with van der Waals surface area (Å²) in [6, 6.07) is 14.5. The second kappa shape index (κ2) is 9.36. The average molecular weight is 432 g/mol. The van der Waals surface area contributed by atoms with Crippen molar-refractivity contribution < 1.29 is 9.59 Å². The largest absolute Gasteiger partial charge is 0.384 e. The molecule has 2 aromatic carbocycles. The SMILES string of the molecule is Cc1ccc(NC(=O)C2CCCCN2)cc1C(=O)N[C@H](C)c1cc(N)nc2ccccc12. The normalized spacial score (nSPS) is 17.0. The van der Waals surface area contributed by atoms with Crippen LogP contribution in [0.5, 0.6) is 0 Å². The minimum absolute atomic E-state index is 0.0630. The van der Waals surface area contributed by atoms with Crippen molar-refractivity contribution in [3.05, 3.63) is 65.2 Å². The number of hydrogen-bond acceptors (Lipinski definition) is 5. The van der Waals surface area contributed by atoms with Crippen molar-refractivity contribution in [1.29, 1.82) is 0 Å². The first-order valence-electron chi connectivity index (χ1n) is 11.0. The predicted octanol–water partition coefficient (Wildman–Crippen LogP) is 3.70. The lowest BCUT2D eigenvalue weighted by molar-refractivity contribution is -0.118. The van der Waals surface area contributed by atoms with Crippen LogP contribution in [0.3, 0.4) is 0 Å². The van der Waals surface area contributed by atoms with E-state index in [1.807, 2.05) is 50.2 Å². The molecule has 1 aromatic heterocycles. The molecule has 1 saturated heterocycles. The van der Waals surface area contributed by atoms with E-state index in [-0.39, 0.29) is 23.9 Å². The molecule has 2 heterocycles. The number of nitrogen functional groups attached to an aromatic ring is 1.